The summed E-state index contributed by atoms with van der Waals surface area (Å²) in [5.74, 6) is -0.0998. The van der Waals surface area contributed by atoms with Crippen LogP contribution in [0.25, 0.3) is 22.4 Å². The molecule has 0 radical (unpaired) electrons. The first-order valence-electron chi connectivity index (χ1n) is 8.93. The molecule has 0 bridgehead atoms. The molecule has 0 fully saturated rings. The Morgan fingerprint density at radius 1 is 1.25 bits per heavy atom. The fourth-order valence-corrected chi connectivity index (χ4v) is 3.76. The summed E-state index contributed by atoms with van der Waals surface area (Å²) in [6.45, 7) is 5.06. The highest BCUT2D eigenvalue weighted by Crippen LogP contribution is 2.38. The number of rotatable bonds is 4. The topological polar surface area (TPSA) is 71.2 Å². The fourth-order valence-electron chi connectivity index (χ4n) is 3.57. The molecule has 1 amide bonds. The molecule has 1 aliphatic rings. The van der Waals surface area contributed by atoms with Gasteiger partial charge in [0.2, 0.25) is 5.91 Å². The van der Waals surface area contributed by atoms with Crippen molar-refractivity contribution in [2.45, 2.75) is 19.7 Å². The van der Waals surface area contributed by atoms with Gasteiger partial charge < -0.3 is 10.0 Å². The number of carbonyl (C=O) groups is 1. The maximum Gasteiger partial charge on any atom is 0.246 e. The number of pyridine rings is 1. The van der Waals surface area contributed by atoms with Gasteiger partial charge in [-0.25, -0.2) is 0 Å². The van der Waals surface area contributed by atoms with Crippen LogP contribution in [0.5, 0.6) is 0 Å². The van der Waals surface area contributed by atoms with Crippen molar-refractivity contribution in [1.82, 2.24) is 19.7 Å². The van der Waals surface area contributed by atoms with Gasteiger partial charge in [-0.15, -0.1) is 0 Å². The lowest BCUT2D eigenvalue weighted by molar-refractivity contribution is -0.127. The number of aromatic nitrogens is 3. The molecule has 0 saturated carbocycles. The van der Waals surface area contributed by atoms with E-state index in [0.29, 0.717) is 30.2 Å². The third-order valence-corrected chi connectivity index (χ3v) is 5.16. The van der Waals surface area contributed by atoms with E-state index in [-0.39, 0.29) is 12.5 Å². The zero-order valence-corrected chi connectivity index (χ0v) is 15.9. The molecule has 3 heterocycles. The molecule has 0 aliphatic carbocycles. The molecular weight excluding hydrogens is 376 g/mol. The van der Waals surface area contributed by atoms with Crippen molar-refractivity contribution in [2.24, 2.45) is 0 Å². The second kappa shape index (κ2) is 7.58. The van der Waals surface area contributed by atoms with Gasteiger partial charge in [0.15, 0.2) is 0 Å². The number of hydrogen-bond donors (Lipinski definition) is 1. The van der Waals surface area contributed by atoms with Crippen LogP contribution in [-0.4, -0.2) is 37.2 Å². The second-order valence-electron chi connectivity index (χ2n) is 6.55. The summed E-state index contributed by atoms with van der Waals surface area (Å²) in [5, 5.41) is 15.2. The van der Waals surface area contributed by atoms with Crippen molar-refractivity contribution >= 4 is 17.5 Å². The third kappa shape index (κ3) is 3.21. The zero-order chi connectivity index (χ0) is 19.7. The van der Waals surface area contributed by atoms with Crippen LogP contribution in [-0.2, 0) is 24.5 Å². The van der Waals surface area contributed by atoms with Crippen LogP contribution < -0.4 is 0 Å². The molecule has 0 atom stereocenters. The average molecular weight is 395 g/mol. The molecule has 4 rings (SSSR count). The Kier molecular flexibility index (Phi) is 4.98. The van der Waals surface area contributed by atoms with E-state index in [1.165, 1.54) is 6.08 Å². The van der Waals surface area contributed by atoms with Gasteiger partial charge >= 0.3 is 0 Å². The Balaban J connectivity index is 1.93. The molecule has 0 unspecified atom stereocenters. The van der Waals surface area contributed by atoms with E-state index in [0.717, 1.165) is 28.1 Å². The Labute approximate surface area is 167 Å². The first kappa shape index (κ1) is 18.4. The predicted molar refractivity (Wildman–Crippen MR) is 107 cm³/mol. The molecule has 3 aromatic rings. The Hall–Kier alpha value is -2.96. The summed E-state index contributed by atoms with van der Waals surface area (Å²) in [4.78, 5) is 18.0. The molecular formula is C21H19ClN4O2. The number of aliphatic hydroxyl groups is 1. The zero-order valence-electron chi connectivity index (χ0n) is 15.2. The van der Waals surface area contributed by atoms with Gasteiger partial charge in [-0.3, -0.25) is 14.5 Å². The fraction of sp³-hybridized carbons (Fsp3) is 0.190. The quantitative estimate of drug-likeness (QED) is 0.689. The van der Waals surface area contributed by atoms with E-state index in [4.69, 9.17) is 16.7 Å². The highest BCUT2D eigenvalue weighted by Gasteiger charge is 2.28. The van der Waals surface area contributed by atoms with Crippen LogP contribution >= 0.6 is 11.6 Å². The maximum absolute atomic E-state index is 12.2. The summed E-state index contributed by atoms with van der Waals surface area (Å²) in [6.07, 6.45) is 4.79. The number of carbonyl (C=O) groups excluding carboxylic acids is 1. The number of halogens is 1. The lowest BCUT2D eigenvalue weighted by Gasteiger charge is -2.27. The molecule has 2 aromatic heterocycles. The van der Waals surface area contributed by atoms with Gasteiger partial charge in [0, 0.05) is 35.1 Å². The molecule has 1 aliphatic heterocycles. The van der Waals surface area contributed by atoms with E-state index < -0.39 is 0 Å². The molecule has 0 saturated heterocycles. The minimum atomic E-state index is -0.144. The standard InChI is InChI=1S/C21H19ClN4O2/c1-2-19(28)25-9-10-26-18(12-25)20(14-5-7-23-8-6-14)21(24-26)17-4-3-16(22)11-15(17)13-27/h2-8,11,27H,1,9-10,12-13H2. The van der Waals surface area contributed by atoms with E-state index in [9.17, 15) is 9.90 Å². The first-order valence-corrected chi connectivity index (χ1v) is 9.31. The molecule has 1 N–H and O–H groups in total. The van der Waals surface area contributed by atoms with Gasteiger partial charge in [-0.05, 0) is 41.5 Å². The minimum absolute atomic E-state index is 0.0998. The van der Waals surface area contributed by atoms with Crippen molar-refractivity contribution in [3.8, 4) is 22.4 Å². The number of nitrogens with zero attached hydrogens (tertiary/aromatic N) is 4. The third-order valence-electron chi connectivity index (χ3n) is 4.93. The highest BCUT2D eigenvalue weighted by molar-refractivity contribution is 6.30. The van der Waals surface area contributed by atoms with Crippen LogP contribution in [0.2, 0.25) is 5.02 Å². The molecule has 6 nitrogen and oxygen atoms in total. The second-order valence-corrected chi connectivity index (χ2v) is 6.99. The average Bonchev–Trinajstić information content (AvgIpc) is 3.12. The summed E-state index contributed by atoms with van der Waals surface area (Å²) >= 11 is 6.11. The molecule has 142 valence electrons. The molecule has 28 heavy (non-hydrogen) atoms. The Morgan fingerprint density at radius 3 is 2.75 bits per heavy atom. The van der Waals surface area contributed by atoms with Crippen LogP contribution in [0.4, 0.5) is 0 Å². The van der Waals surface area contributed by atoms with Crippen molar-refractivity contribution in [3.05, 3.63) is 71.7 Å². The molecule has 1 aromatic carbocycles. The van der Waals surface area contributed by atoms with E-state index >= 15 is 0 Å². The van der Waals surface area contributed by atoms with Crippen molar-refractivity contribution < 1.29 is 9.90 Å². The van der Waals surface area contributed by atoms with Crippen LogP contribution in [0.3, 0.4) is 0 Å². The van der Waals surface area contributed by atoms with E-state index in [1.807, 2.05) is 22.9 Å². The lowest BCUT2D eigenvalue weighted by Crippen LogP contribution is -2.37. The van der Waals surface area contributed by atoms with Crippen LogP contribution in [0.15, 0.2) is 55.4 Å². The van der Waals surface area contributed by atoms with E-state index in [1.54, 1.807) is 29.4 Å². The summed E-state index contributed by atoms with van der Waals surface area (Å²) in [6, 6.07) is 9.26. The smallest absolute Gasteiger partial charge is 0.246 e. The number of hydrogen-bond acceptors (Lipinski definition) is 4. The number of benzene rings is 1. The molecule has 7 heteroatoms. The van der Waals surface area contributed by atoms with Gasteiger partial charge in [-0.2, -0.15) is 5.10 Å². The number of amides is 1. The first-order chi connectivity index (χ1) is 13.6. The Bertz CT molecular complexity index is 1050. The maximum atomic E-state index is 12.2. The lowest BCUT2D eigenvalue weighted by atomic mass is 9.96. The molecule has 0 spiro atoms. The summed E-state index contributed by atoms with van der Waals surface area (Å²) < 4.78 is 1.94. The van der Waals surface area contributed by atoms with Gasteiger partial charge in [-0.1, -0.05) is 24.2 Å². The largest absolute Gasteiger partial charge is 0.392 e. The summed E-state index contributed by atoms with van der Waals surface area (Å²) in [7, 11) is 0. The van der Waals surface area contributed by atoms with E-state index in [2.05, 4.69) is 11.6 Å². The van der Waals surface area contributed by atoms with Gasteiger partial charge in [0.05, 0.1) is 25.4 Å². The monoisotopic (exact) mass is 394 g/mol. The van der Waals surface area contributed by atoms with Crippen molar-refractivity contribution in [3.63, 3.8) is 0 Å². The van der Waals surface area contributed by atoms with Gasteiger partial charge in [0.25, 0.3) is 0 Å². The number of fused-ring (bicyclic) bond motifs is 1. The predicted octanol–water partition coefficient (Wildman–Crippen LogP) is 3.29. The van der Waals surface area contributed by atoms with Crippen LogP contribution in [0, 0.1) is 0 Å². The van der Waals surface area contributed by atoms with Crippen molar-refractivity contribution in [1.29, 1.82) is 0 Å². The van der Waals surface area contributed by atoms with Crippen LogP contribution in [0.1, 0.15) is 11.3 Å². The Morgan fingerprint density at radius 2 is 2.04 bits per heavy atom. The summed E-state index contributed by atoms with van der Waals surface area (Å²) in [5.41, 5.74) is 5.12. The highest BCUT2D eigenvalue weighted by atomic mass is 35.5. The normalized spacial score (nSPS) is 13.3. The van der Waals surface area contributed by atoms with Gasteiger partial charge in [0.1, 0.15) is 5.69 Å². The SMILES string of the molecule is C=CC(=O)N1CCn2nc(-c3ccc(Cl)cc3CO)c(-c3ccncc3)c2C1. The minimum Gasteiger partial charge on any atom is -0.392 e. The van der Waals surface area contributed by atoms with Crippen molar-refractivity contribution in [2.75, 3.05) is 6.54 Å². The number of aliphatic hydroxyl groups excluding tert-OH is 1.